The molecule has 0 unspecified atom stereocenters. The fourth-order valence-corrected chi connectivity index (χ4v) is 4.02. The summed E-state index contributed by atoms with van der Waals surface area (Å²) in [7, 11) is 3.37. The minimum absolute atomic E-state index is 0.0383. The first-order chi connectivity index (χ1) is 15.5. The van der Waals surface area contributed by atoms with Crippen LogP contribution in [-0.4, -0.2) is 48.7 Å². The number of hydrogen-bond donors (Lipinski definition) is 3. The molecule has 0 spiro atoms. The Morgan fingerprint density at radius 2 is 1.78 bits per heavy atom. The molecule has 0 saturated carbocycles. The molecule has 0 radical (unpaired) electrons. The highest BCUT2D eigenvalue weighted by Gasteiger charge is 2.22. The maximum absolute atomic E-state index is 13.0. The Hall–Kier alpha value is -3.87. The minimum Gasteiger partial charge on any atom is -0.496 e. The van der Waals surface area contributed by atoms with Crippen LogP contribution in [0.2, 0.25) is 0 Å². The smallest absolute Gasteiger partial charge is 0.255 e. The third-order valence-corrected chi connectivity index (χ3v) is 5.78. The summed E-state index contributed by atoms with van der Waals surface area (Å²) >= 11 is 0. The number of nitrogens with two attached hydrogens (primary N) is 1. The highest BCUT2D eigenvalue weighted by Crippen LogP contribution is 2.30. The zero-order chi connectivity index (χ0) is 22.7. The molecule has 7 nitrogen and oxygen atoms in total. The molecule has 1 amide bonds. The van der Waals surface area contributed by atoms with Crippen molar-refractivity contribution >= 4 is 23.1 Å². The van der Waals surface area contributed by atoms with E-state index in [2.05, 4.69) is 10.3 Å². The van der Waals surface area contributed by atoms with Gasteiger partial charge in [0.05, 0.1) is 18.4 Å². The van der Waals surface area contributed by atoms with Crippen LogP contribution in [0.25, 0.3) is 11.1 Å². The minimum atomic E-state index is -0.0383. The SMILES string of the molecule is CNc1ncc(-c2ccc(N)c(C(=O)N3CCCC3)c2)cc1C(=N)c1ccccc1OC. The Bertz CT molecular complexity index is 1170. The Labute approximate surface area is 187 Å². The summed E-state index contributed by atoms with van der Waals surface area (Å²) in [6.07, 6.45) is 3.78. The Kier molecular flexibility index (Phi) is 6.07. The summed E-state index contributed by atoms with van der Waals surface area (Å²) in [5.74, 6) is 1.17. The van der Waals surface area contributed by atoms with E-state index in [1.54, 1.807) is 26.4 Å². The van der Waals surface area contributed by atoms with Crippen LogP contribution in [0.1, 0.15) is 34.3 Å². The topological polar surface area (TPSA) is 104 Å². The van der Waals surface area contributed by atoms with Gasteiger partial charge in [0.15, 0.2) is 0 Å². The Balaban J connectivity index is 1.75. The number of ether oxygens (including phenoxy) is 1. The number of nitrogens with one attached hydrogen (secondary N) is 2. The highest BCUT2D eigenvalue weighted by molar-refractivity contribution is 6.15. The molecule has 1 aromatic heterocycles. The quantitative estimate of drug-likeness (QED) is 0.405. The van der Waals surface area contributed by atoms with E-state index < -0.39 is 0 Å². The summed E-state index contributed by atoms with van der Waals surface area (Å²) in [4.78, 5) is 19.3. The lowest BCUT2D eigenvalue weighted by molar-refractivity contribution is 0.0794. The second kappa shape index (κ2) is 9.09. The van der Waals surface area contributed by atoms with Crippen molar-refractivity contribution in [3.8, 4) is 16.9 Å². The second-order valence-corrected chi connectivity index (χ2v) is 7.75. The molecule has 7 heteroatoms. The molecule has 164 valence electrons. The van der Waals surface area contributed by atoms with Gasteiger partial charge in [-0.15, -0.1) is 0 Å². The van der Waals surface area contributed by atoms with E-state index in [0.29, 0.717) is 39.7 Å². The summed E-state index contributed by atoms with van der Waals surface area (Å²) < 4.78 is 5.44. The number of hydrogen-bond acceptors (Lipinski definition) is 6. The summed E-state index contributed by atoms with van der Waals surface area (Å²) in [6, 6.07) is 14.8. The number of carbonyl (C=O) groups excluding carboxylic acids is 1. The third kappa shape index (κ3) is 4.01. The van der Waals surface area contributed by atoms with Crippen molar-refractivity contribution in [1.82, 2.24) is 9.88 Å². The van der Waals surface area contributed by atoms with E-state index in [-0.39, 0.29) is 5.91 Å². The molecule has 1 aliphatic rings. The van der Waals surface area contributed by atoms with Crippen molar-refractivity contribution in [2.45, 2.75) is 12.8 Å². The molecular weight excluding hydrogens is 402 g/mol. The average molecular weight is 430 g/mol. The standard InChI is InChI=1S/C25H27N5O2/c1-28-24-20(23(27)18-7-3-4-8-22(18)32-2)14-17(15-29-24)16-9-10-21(26)19(13-16)25(31)30-11-5-6-12-30/h3-4,7-10,13-15,27H,5-6,11-12,26H2,1-2H3,(H,28,29). The van der Waals surface area contributed by atoms with Crippen molar-refractivity contribution in [3.63, 3.8) is 0 Å². The molecule has 2 aromatic carbocycles. The molecule has 0 aliphatic carbocycles. The Morgan fingerprint density at radius 1 is 1.06 bits per heavy atom. The monoisotopic (exact) mass is 429 g/mol. The largest absolute Gasteiger partial charge is 0.496 e. The van der Waals surface area contributed by atoms with Crippen LogP contribution in [-0.2, 0) is 0 Å². The number of para-hydroxylation sites is 1. The van der Waals surface area contributed by atoms with Gasteiger partial charge in [-0.2, -0.15) is 0 Å². The number of amides is 1. The van der Waals surface area contributed by atoms with Crippen LogP contribution < -0.4 is 15.8 Å². The molecule has 0 atom stereocenters. The highest BCUT2D eigenvalue weighted by atomic mass is 16.5. The van der Waals surface area contributed by atoms with Gasteiger partial charge in [-0.05, 0) is 48.7 Å². The van der Waals surface area contributed by atoms with Crippen molar-refractivity contribution in [2.24, 2.45) is 0 Å². The molecule has 4 N–H and O–H groups in total. The number of pyridine rings is 1. The van der Waals surface area contributed by atoms with Crippen molar-refractivity contribution < 1.29 is 9.53 Å². The molecule has 1 fully saturated rings. The lowest BCUT2D eigenvalue weighted by Gasteiger charge is -2.18. The van der Waals surface area contributed by atoms with Gasteiger partial charge in [0.2, 0.25) is 0 Å². The molecule has 3 aromatic rings. The fourth-order valence-electron chi connectivity index (χ4n) is 4.02. The number of carbonyl (C=O) groups is 1. The van der Waals surface area contributed by atoms with Gasteiger partial charge in [-0.1, -0.05) is 18.2 Å². The predicted molar refractivity (Wildman–Crippen MR) is 128 cm³/mol. The normalized spacial score (nSPS) is 13.1. The number of benzene rings is 2. The number of likely N-dealkylation sites (tertiary alicyclic amines) is 1. The van der Waals surface area contributed by atoms with Crippen molar-refractivity contribution in [3.05, 3.63) is 71.4 Å². The molecule has 0 bridgehead atoms. The first kappa shape index (κ1) is 21.4. The number of methoxy groups -OCH3 is 1. The maximum atomic E-state index is 13.0. The van der Waals surface area contributed by atoms with Gasteiger partial charge in [-0.25, -0.2) is 4.98 Å². The second-order valence-electron chi connectivity index (χ2n) is 7.75. The maximum Gasteiger partial charge on any atom is 0.255 e. The molecule has 1 saturated heterocycles. The number of rotatable bonds is 6. The first-order valence-corrected chi connectivity index (χ1v) is 10.6. The van der Waals surface area contributed by atoms with Gasteiger partial charge >= 0.3 is 0 Å². The molecule has 32 heavy (non-hydrogen) atoms. The van der Waals surface area contributed by atoms with Crippen LogP contribution in [0.5, 0.6) is 5.75 Å². The van der Waals surface area contributed by atoms with Crippen LogP contribution in [0.4, 0.5) is 11.5 Å². The van der Waals surface area contributed by atoms with Crippen LogP contribution in [0.15, 0.2) is 54.7 Å². The number of aromatic nitrogens is 1. The molecule has 2 heterocycles. The van der Waals surface area contributed by atoms with Crippen molar-refractivity contribution in [1.29, 1.82) is 5.41 Å². The van der Waals surface area contributed by atoms with E-state index in [4.69, 9.17) is 15.9 Å². The average Bonchev–Trinajstić information content (AvgIpc) is 3.38. The summed E-state index contributed by atoms with van der Waals surface area (Å²) in [5.41, 5.74) is 10.3. The van der Waals surface area contributed by atoms with Crippen LogP contribution in [0, 0.1) is 5.41 Å². The van der Waals surface area contributed by atoms with Crippen LogP contribution in [0.3, 0.4) is 0 Å². The third-order valence-electron chi connectivity index (χ3n) is 5.78. The van der Waals surface area contributed by atoms with E-state index in [9.17, 15) is 4.79 Å². The van der Waals surface area contributed by atoms with Crippen molar-refractivity contribution in [2.75, 3.05) is 38.3 Å². The number of nitrogens with zero attached hydrogens (tertiary/aromatic N) is 2. The van der Waals surface area contributed by atoms with Gasteiger partial charge in [0, 0.05) is 48.7 Å². The lowest BCUT2D eigenvalue weighted by Crippen LogP contribution is -2.28. The molecular formula is C25H27N5O2. The fraction of sp³-hybridized carbons (Fsp3) is 0.240. The van der Waals surface area contributed by atoms with Crippen LogP contribution >= 0.6 is 0 Å². The number of nitrogen functional groups attached to an aromatic ring is 1. The zero-order valence-corrected chi connectivity index (χ0v) is 18.3. The van der Waals surface area contributed by atoms with E-state index >= 15 is 0 Å². The molecule has 4 rings (SSSR count). The lowest BCUT2D eigenvalue weighted by atomic mass is 9.97. The first-order valence-electron chi connectivity index (χ1n) is 10.6. The van der Waals surface area contributed by atoms with E-state index in [1.165, 1.54) is 0 Å². The number of anilines is 2. The zero-order valence-electron chi connectivity index (χ0n) is 18.3. The summed E-state index contributed by atoms with van der Waals surface area (Å²) in [5, 5.41) is 11.9. The van der Waals surface area contributed by atoms with Gasteiger partial charge in [0.25, 0.3) is 5.91 Å². The van der Waals surface area contributed by atoms with Gasteiger partial charge in [0.1, 0.15) is 11.6 Å². The van der Waals surface area contributed by atoms with Gasteiger partial charge in [-0.3, -0.25) is 10.2 Å². The Morgan fingerprint density at radius 3 is 2.50 bits per heavy atom. The van der Waals surface area contributed by atoms with Gasteiger partial charge < -0.3 is 20.7 Å². The summed E-state index contributed by atoms with van der Waals surface area (Å²) in [6.45, 7) is 1.53. The van der Waals surface area contributed by atoms with E-state index in [0.717, 1.165) is 37.1 Å². The van der Waals surface area contributed by atoms with E-state index in [1.807, 2.05) is 47.4 Å². The molecule has 1 aliphatic heterocycles. The predicted octanol–water partition coefficient (Wildman–Crippen LogP) is 4.03.